The van der Waals surface area contributed by atoms with Gasteiger partial charge in [-0.25, -0.2) is 0 Å². The van der Waals surface area contributed by atoms with Crippen LogP contribution in [0.1, 0.15) is 31.4 Å². The standard InChI is InChI=1S/C17H17NO/c1-2-16(14-9-5-3-6-10-14)17(19-13-18)15-11-7-4-8-12-15/h3-9,11-12,17H,2,10H2,1H3. The van der Waals surface area contributed by atoms with Crippen molar-refractivity contribution < 1.29 is 4.74 Å². The van der Waals surface area contributed by atoms with Crippen LogP contribution in [0.5, 0.6) is 0 Å². The number of allylic oxidation sites excluding steroid dienone is 5. The molecule has 0 amide bonds. The quantitative estimate of drug-likeness (QED) is 0.741. The van der Waals surface area contributed by atoms with Crippen molar-refractivity contribution in [3.05, 3.63) is 71.3 Å². The van der Waals surface area contributed by atoms with Crippen molar-refractivity contribution in [2.45, 2.75) is 25.9 Å². The minimum atomic E-state index is -0.276. The lowest BCUT2D eigenvalue weighted by Crippen LogP contribution is -2.07. The van der Waals surface area contributed by atoms with Crippen LogP contribution in [0.25, 0.3) is 0 Å². The van der Waals surface area contributed by atoms with Crippen molar-refractivity contribution in [2.75, 3.05) is 0 Å². The van der Waals surface area contributed by atoms with E-state index in [0.29, 0.717) is 0 Å². The molecule has 1 atom stereocenters. The molecule has 0 aliphatic heterocycles. The van der Waals surface area contributed by atoms with Crippen molar-refractivity contribution in [3.63, 3.8) is 0 Å². The first kappa shape index (κ1) is 13.2. The number of nitrogens with zero attached hydrogens (tertiary/aromatic N) is 1. The maximum absolute atomic E-state index is 8.91. The third-order valence-electron chi connectivity index (χ3n) is 3.27. The molecule has 2 nitrogen and oxygen atoms in total. The van der Waals surface area contributed by atoms with Crippen molar-refractivity contribution in [2.24, 2.45) is 0 Å². The third-order valence-corrected chi connectivity index (χ3v) is 3.27. The van der Waals surface area contributed by atoms with E-state index in [9.17, 15) is 0 Å². The smallest absolute Gasteiger partial charge is 0.287 e. The molecule has 0 N–H and O–H groups in total. The Balaban J connectivity index is 2.40. The van der Waals surface area contributed by atoms with Crippen molar-refractivity contribution in [1.82, 2.24) is 0 Å². The van der Waals surface area contributed by atoms with Gasteiger partial charge in [0.05, 0.1) is 0 Å². The average Bonchev–Trinajstić information content (AvgIpc) is 2.49. The van der Waals surface area contributed by atoms with Gasteiger partial charge in [0.2, 0.25) is 0 Å². The number of ether oxygens (including phenoxy) is 1. The molecule has 19 heavy (non-hydrogen) atoms. The zero-order valence-corrected chi connectivity index (χ0v) is 11.0. The molecule has 0 saturated carbocycles. The summed E-state index contributed by atoms with van der Waals surface area (Å²) in [7, 11) is 0. The summed E-state index contributed by atoms with van der Waals surface area (Å²) in [6.07, 6.45) is 11.6. The van der Waals surface area contributed by atoms with Gasteiger partial charge < -0.3 is 4.74 Å². The van der Waals surface area contributed by atoms with Gasteiger partial charge in [0.25, 0.3) is 6.26 Å². The van der Waals surface area contributed by atoms with Gasteiger partial charge >= 0.3 is 0 Å². The zero-order valence-electron chi connectivity index (χ0n) is 11.0. The Bertz CT molecular complexity index is 546. The van der Waals surface area contributed by atoms with E-state index in [1.165, 1.54) is 11.1 Å². The summed E-state index contributed by atoms with van der Waals surface area (Å²) in [5.74, 6) is 0. The lowest BCUT2D eigenvalue weighted by atomic mass is 9.91. The van der Waals surface area contributed by atoms with Gasteiger partial charge in [0.1, 0.15) is 0 Å². The fraction of sp³-hybridized carbons (Fsp3) is 0.235. The summed E-state index contributed by atoms with van der Waals surface area (Å²) in [5.41, 5.74) is 3.44. The monoisotopic (exact) mass is 251 g/mol. The summed E-state index contributed by atoms with van der Waals surface area (Å²) in [5, 5.41) is 8.91. The maximum Gasteiger partial charge on any atom is 0.287 e. The summed E-state index contributed by atoms with van der Waals surface area (Å²) < 4.78 is 5.32. The van der Waals surface area contributed by atoms with E-state index in [1.54, 1.807) is 0 Å². The van der Waals surface area contributed by atoms with E-state index in [2.05, 4.69) is 19.1 Å². The van der Waals surface area contributed by atoms with Gasteiger partial charge in [-0.05, 0) is 29.6 Å². The van der Waals surface area contributed by atoms with Crippen molar-refractivity contribution in [3.8, 4) is 6.26 Å². The van der Waals surface area contributed by atoms with Crippen LogP contribution in [-0.2, 0) is 4.74 Å². The zero-order chi connectivity index (χ0) is 13.5. The van der Waals surface area contributed by atoms with Crippen LogP contribution in [0.15, 0.2) is 65.8 Å². The molecule has 1 aliphatic carbocycles. The van der Waals surface area contributed by atoms with Crippen LogP contribution in [-0.4, -0.2) is 0 Å². The minimum Gasteiger partial charge on any atom is -0.415 e. The molecular weight excluding hydrogens is 234 g/mol. The Morgan fingerprint density at radius 3 is 2.68 bits per heavy atom. The van der Waals surface area contributed by atoms with Crippen LogP contribution in [0.3, 0.4) is 0 Å². The van der Waals surface area contributed by atoms with Crippen LogP contribution < -0.4 is 0 Å². The molecule has 1 aliphatic rings. The SMILES string of the molecule is CCC(=C1C=CC=CC1)C(OC#N)c1ccccc1. The third kappa shape index (κ3) is 3.14. The minimum absolute atomic E-state index is 0.276. The first-order valence-electron chi connectivity index (χ1n) is 6.51. The fourth-order valence-corrected chi connectivity index (χ4v) is 2.35. The predicted octanol–water partition coefficient (Wildman–Crippen LogP) is 4.45. The van der Waals surface area contributed by atoms with E-state index < -0.39 is 0 Å². The summed E-state index contributed by atoms with van der Waals surface area (Å²) in [4.78, 5) is 0. The molecule has 1 aromatic carbocycles. The van der Waals surface area contributed by atoms with E-state index in [4.69, 9.17) is 10.00 Å². The van der Waals surface area contributed by atoms with E-state index in [1.807, 2.05) is 48.7 Å². The molecule has 2 rings (SSSR count). The van der Waals surface area contributed by atoms with Gasteiger partial charge in [0.15, 0.2) is 6.10 Å². The van der Waals surface area contributed by atoms with Crippen molar-refractivity contribution in [1.29, 1.82) is 5.26 Å². The summed E-state index contributed by atoms with van der Waals surface area (Å²) in [6, 6.07) is 9.91. The fourth-order valence-electron chi connectivity index (χ4n) is 2.35. The van der Waals surface area contributed by atoms with E-state index in [0.717, 1.165) is 18.4 Å². The maximum atomic E-state index is 8.91. The largest absolute Gasteiger partial charge is 0.415 e. The van der Waals surface area contributed by atoms with Gasteiger partial charge in [-0.1, -0.05) is 61.6 Å². The molecule has 0 spiro atoms. The molecule has 1 unspecified atom stereocenters. The van der Waals surface area contributed by atoms with Crippen LogP contribution in [0.4, 0.5) is 0 Å². The Morgan fingerprint density at radius 1 is 1.32 bits per heavy atom. The van der Waals surface area contributed by atoms with Gasteiger partial charge in [-0.2, -0.15) is 5.26 Å². The molecule has 0 fully saturated rings. The first-order chi connectivity index (χ1) is 9.36. The van der Waals surface area contributed by atoms with Crippen LogP contribution in [0, 0.1) is 11.5 Å². The highest BCUT2D eigenvalue weighted by Gasteiger charge is 2.19. The second kappa shape index (κ2) is 6.61. The average molecular weight is 251 g/mol. The Labute approximate surface area is 114 Å². The number of rotatable bonds is 4. The van der Waals surface area contributed by atoms with Gasteiger partial charge in [-0.15, -0.1) is 0 Å². The normalized spacial score (nSPS) is 17.7. The molecule has 1 aromatic rings. The molecule has 0 bridgehead atoms. The molecule has 96 valence electrons. The topological polar surface area (TPSA) is 33.0 Å². The molecule has 0 radical (unpaired) electrons. The lowest BCUT2D eigenvalue weighted by molar-refractivity contribution is 0.193. The first-order valence-corrected chi connectivity index (χ1v) is 6.51. The van der Waals surface area contributed by atoms with Crippen LogP contribution >= 0.6 is 0 Å². The lowest BCUT2D eigenvalue weighted by Gasteiger charge is -2.20. The molecule has 0 saturated heterocycles. The second-order valence-electron chi connectivity index (χ2n) is 4.40. The van der Waals surface area contributed by atoms with Crippen LogP contribution in [0.2, 0.25) is 0 Å². The Morgan fingerprint density at radius 2 is 2.11 bits per heavy atom. The Kier molecular flexibility index (Phi) is 4.58. The van der Waals surface area contributed by atoms with Crippen molar-refractivity contribution >= 4 is 0 Å². The highest BCUT2D eigenvalue weighted by atomic mass is 16.5. The molecular formula is C17H17NO. The number of benzene rings is 1. The summed E-state index contributed by atoms with van der Waals surface area (Å²) in [6.45, 7) is 2.10. The summed E-state index contributed by atoms with van der Waals surface area (Å²) >= 11 is 0. The number of nitriles is 1. The molecule has 0 heterocycles. The number of hydrogen-bond acceptors (Lipinski definition) is 2. The number of hydrogen-bond donors (Lipinski definition) is 0. The predicted molar refractivity (Wildman–Crippen MR) is 76.1 cm³/mol. The van der Waals surface area contributed by atoms with E-state index >= 15 is 0 Å². The molecule has 0 aromatic heterocycles. The Hall–Kier alpha value is -2.27. The van der Waals surface area contributed by atoms with Gasteiger partial charge in [0, 0.05) is 0 Å². The highest BCUT2D eigenvalue weighted by Crippen LogP contribution is 2.32. The second-order valence-corrected chi connectivity index (χ2v) is 4.40. The highest BCUT2D eigenvalue weighted by molar-refractivity contribution is 5.38. The molecule has 2 heteroatoms. The van der Waals surface area contributed by atoms with Gasteiger partial charge in [-0.3, -0.25) is 0 Å². The van der Waals surface area contributed by atoms with E-state index in [-0.39, 0.29) is 6.10 Å².